The molecule has 0 bridgehead atoms. The standard InChI is InChI=1S/C27H35N5O6/c1-7-10-32(11-8-2)25(34)19-14-17(21-20(22(28)33)9-12-36-21)13-18(15-19)24-31-30-23(37-24)16(3)29-26(35)38-27(4,5)6/h9,12-16H,7-8,10-11H2,1-6H3,(H2,28,33)(H,29,35)/t16-/m0/s1. The van der Waals surface area contributed by atoms with E-state index in [1.165, 1.54) is 12.3 Å². The minimum Gasteiger partial charge on any atom is -0.464 e. The highest BCUT2D eigenvalue weighted by Crippen LogP contribution is 2.31. The molecular formula is C27H35N5O6. The summed E-state index contributed by atoms with van der Waals surface area (Å²) in [5, 5.41) is 10.9. The molecule has 0 spiro atoms. The van der Waals surface area contributed by atoms with Gasteiger partial charge in [0.15, 0.2) is 0 Å². The number of alkyl carbamates (subject to hydrolysis) is 1. The Morgan fingerprint density at radius 1 is 1.08 bits per heavy atom. The first kappa shape index (κ1) is 28.4. The number of carbonyl (C=O) groups excluding carboxylic acids is 3. The summed E-state index contributed by atoms with van der Waals surface area (Å²) < 4.78 is 16.7. The molecule has 3 N–H and O–H groups in total. The van der Waals surface area contributed by atoms with Gasteiger partial charge >= 0.3 is 6.09 Å². The van der Waals surface area contributed by atoms with E-state index in [-0.39, 0.29) is 29.0 Å². The smallest absolute Gasteiger partial charge is 0.408 e. The van der Waals surface area contributed by atoms with Crippen LogP contribution in [0.4, 0.5) is 4.79 Å². The van der Waals surface area contributed by atoms with E-state index in [1.54, 1.807) is 50.8 Å². The zero-order valence-corrected chi connectivity index (χ0v) is 22.7. The number of carbonyl (C=O) groups is 3. The first-order chi connectivity index (χ1) is 17.9. The molecule has 0 aliphatic rings. The molecule has 0 radical (unpaired) electrons. The van der Waals surface area contributed by atoms with E-state index in [2.05, 4.69) is 15.5 Å². The molecule has 2 aromatic heterocycles. The van der Waals surface area contributed by atoms with Gasteiger partial charge in [0, 0.05) is 29.8 Å². The Bertz CT molecular complexity index is 1280. The summed E-state index contributed by atoms with van der Waals surface area (Å²) in [5.74, 6) is -0.334. The maximum absolute atomic E-state index is 13.5. The zero-order chi connectivity index (χ0) is 28.0. The third kappa shape index (κ3) is 6.99. The van der Waals surface area contributed by atoms with Gasteiger partial charge in [0.05, 0.1) is 11.8 Å². The van der Waals surface area contributed by atoms with E-state index in [1.807, 2.05) is 13.8 Å². The van der Waals surface area contributed by atoms with Gasteiger partial charge < -0.3 is 29.5 Å². The molecule has 3 aromatic rings. The molecule has 0 saturated carbocycles. The van der Waals surface area contributed by atoms with Gasteiger partial charge in [-0.05, 0) is 64.8 Å². The Morgan fingerprint density at radius 2 is 1.74 bits per heavy atom. The second-order valence-corrected chi connectivity index (χ2v) is 9.93. The fourth-order valence-corrected chi connectivity index (χ4v) is 3.84. The van der Waals surface area contributed by atoms with Crippen molar-refractivity contribution in [2.45, 2.75) is 66.0 Å². The molecule has 3 amide bonds. The number of furan rings is 1. The van der Waals surface area contributed by atoms with Crippen LogP contribution in [0.15, 0.2) is 39.4 Å². The van der Waals surface area contributed by atoms with Crippen LogP contribution in [0, 0.1) is 0 Å². The summed E-state index contributed by atoms with van der Waals surface area (Å²) in [5.41, 5.74) is 6.31. The molecule has 1 atom stereocenters. The average molecular weight is 526 g/mol. The van der Waals surface area contributed by atoms with Gasteiger partial charge in [-0.15, -0.1) is 10.2 Å². The van der Waals surface area contributed by atoms with Gasteiger partial charge in [-0.1, -0.05) is 13.8 Å². The molecule has 38 heavy (non-hydrogen) atoms. The van der Waals surface area contributed by atoms with Crippen LogP contribution >= 0.6 is 0 Å². The summed E-state index contributed by atoms with van der Waals surface area (Å²) in [6.45, 7) is 12.2. The number of amides is 3. The fourth-order valence-electron chi connectivity index (χ4n) is 3.84. The van der Waals surface area contributed by atoms with Crippen LogP contribution in [-0.2, 0) is 4.74 Å². The van der Waals surface area contributed by atoms with Crippen LogP contribution in [0.1, 0.15) is 87.0 Å². The van der Waals surface area contributed by atoms with Gasteiger partial charge in [0.1, 0.15) is 17.4 Å². The van der Waals surface area contributed by atoms with E-state index in [0.717, 1.165) is 12.8 Å². The second-order valence-electron chi connectivity index (χ2n) is 9.93. The average Bonchev–Trinajstić information content (AvgIpc) is 3.52. The monoisotopic (exact) mass is 525 g/mol. The van der Waals surface area contributed by atoms with Crippen molar-refractivity contribution in [2.75, 3.05) is 13.1 Å². The maximum atomic E-state index is 13.5. The topological polar surface area (TPSA) is 154 Å². The van der Waals surface area contributed by atoms with Gasteiger partial charge in [0.25, 0.3) is 11.8 Å². The van der Waals surface area contributed by atoms with E-state index in [0.29, 0.717) is 29.8 Å². The number of aromatic nitrogens is 2. The van der Waals surface area contributed by atoms with Crippen molar-refractivity contribution in [3.05, 3.63) is 47.5 Å². The van der Waals surface area contributed by atoms with Crippen molar-refractivity contribution in [3.63, 3.8) is 0 Å². The number of benzene rings is 1. The molecule has 204 valence electrons. The predicted molar refractivity (Wildman–Crippen MR) is 140 cm³/mol. The van der Waals surface area contributed by atoms with Crippen LogP contribution in [-0.4, -0.2) is 51.7 Å². The van der Waals surface area contributed by atoms with Gasteiger partial charge in [-0.2, -0.15) is 0 Å². The van der Waals surface area contributed by atoms with Crippen LogP contribution in [0.3, 0.4) is 0 Å². The lowest BCUT2D eigenvalue weighted by molar-refractivity contribution is 0.0500. The first-order valence-electron chi connectivity index (χ1n) is 12.6. The highest BCUT2D eigenvalue weighted by Gasteiger charge is 2.24. The minimum absolute atomic E-state index is 0.124. The summed E-state index contributed by atoms with van der Waals surface area (Å²) in [6, 6.07) is 5.82. The molecule has 11 nitrogen and oxygen atoms in total. The molecule has 11 heteroatoms. The number of ether oxygens (including phenoxy) is 1. The van der Waals surface area contributed by atoms with Crippen LogP contribution in [0.2, 0.25) is 0 Å². The predicted octanol–water partition coefficient (Wildman–Crippen LogP) is 4.94. The number of nitrogens with two attached hydrogens (primary N) is 1. The molecule has 0 aliphatic heterocycles. The van der Waals surface area contributed by atoms with Crippen LogP contribution in [0.25, 0.3) is 22.8 Å². The van der Waals surface area contributed by atoms with Gasteiger partial charge in [-0.3, -0.25) is 9.59 Å². The van der Waals surface area contributed by atoms with Crippen molar-refractivity contribution < 1.29 is 28.0 Å². The number of rotatable bonds is 10. The molecule has 0 aliphatic carbocycles. The van der Waals surface area contributed by atoms with E-state index in [9.17, 15) is 14.4 Å². The van der Waals surface area contributed by atoms with E-state index >= 15 is 0 Å². The number of hydrogen-bond acceptors (Lipinski definition) is 8. The van der Waals surface area contributed by atoms with E-state index < -0.39 is 23.6 Å². The minimum atomic E-state index is -0.660. The lowest BCUT2D eigenvalue weighted by Gasteiger charge is -2.22. The molecule has 0 saturated heterocycles. The SMILES string of the molecule is CCCN(CCC)C(=O)c1cc(-c2nnc([C@H](C)NC(=O)OC(C)(C)C)o2)cc(-c2occc2C(N)=O)c1. The van der Waals surface area contributed by atoms with Crippen molar-refractivity contribution in [1.29, 1.82) is 0 Å². The molecule has 0 unspecified atom stereocenters. The van der Waals surface area contributed by atoms with Crippen molar-refractivity contribution in [3.8, 4) is 22.8 Å². The summed E-state index contributed by atoms with van der Waals surface area (Å²) >= 11 is 0. The van der Waals surface area contributed by atoms with Crippen LogP contribution in [0.5, 0.6) is 0 Å². The van der Waals surface area contributed by atoms with Gasteiger partial charge in [-0.25, -0.2) is 4.79 Å². The number of hydrogen-bond donors (Lipinski definition) is 2. The quantitative estimate of drug-likeness (QED) is 0.377. The normalized spacial score (nSPS) is 12.2. The first-order valence-corrected chi connectivity index (χ1v) is 12.6. The summed E-state index contributed by atoms with van der Waals surface area (Å²) in [4.78, 5) is 39.4. The summed E-state index contributed by atoms with van der Waals surface area (Å²) in [6.07, 6.45) is 2.34. The summed E-state index contributed by atoms with van der Waals surface area (Å²) in [7, 11) is 0. The Morgan fingerprint density at radius 3 is 2.34 bits per heavy atom. The molecule has 0 fully saturated rings. The van der Waals surface area contributed by atoms with Crippen LogP contribution < -0.4 is 11.1 Å². The van der Waals surface area contributed by atoms with Crippen molar-refractivity contribution in [1.82, 2.24) is 20.4 Å². The Labute approximate surface area is 221 Å². The Kier molecular flexibility index (Phi) is 8.92. The fraction of sp³-hybridized carbons (Fsp3) is 0.444. The van der Waals surface area contributed by atoms with Crippen molar-refractivity contribution in [2.24, 2.45) is 5.73 Å². The Balaban J connectivity index is 2.02. The van der Waals surface area contributed by atoms with Crippen molar-refractivity contribution >= 4 is 17.9 Å². The Hall–Kier alpha value is -4.15. The molecule has 2 heterocycles. The van der Waals surface area contributed by atoms with Gasteiger partial charge in [0.2, 0.25) is 11.8 Å². The zero-order valence-electron chi connectivity index (χ0n) is 22.7. The molecule has 3 rings (SSSR count). The molecular weight excluding hydrogens is 490 g/mol. The molecule has 1 aromatic carbocycles. The lowest BCUT2D eigenvalue weighted by Crippen LogP contribution is -2.34. The second kappa shape index (κ2) is 11.9. The van der Waals surface area contributed by atoms with E-state index in [4.69, 9.17) is 19.3 Å². The highest BCUT2D eigenvalue weighted by atomic mass is 16.6. The number of primary amides is 1. The third-order valence-electron chi connectivity index (χ3n) is 5.44. The maximum Gasteiger partial charge on any atom is 0.408 e. The number of nitrogens with one attached hydrogen (secondary N) is 1. The largest absolute Gasteiger partial charge is 0.464 e. The third-order valence-corrected chi connectivity index (χ3v) is 5.44. The number of nitrogens with zero attached hydrogens (tertiary/aromatic N) is 3. The lowest BCUT2D eigenvalue weighted by atomic mass is 10.0. The highest BCUT2D eigenvalue weighted by molar-refractivity contribution is 6.01.